The third-order valence-electron chi connectivity index (χ3n) is 2.31. The van der Waals surface area contributed by atoms with Gasteiger partial charge in [-0.05, 0) is 18.6 Å². The fourth-order valence-corrected chi connectivity index (χ4v) is 1.42. The number of hydrogen-bond acceptors (Lipinski definition) is 4. The number of aromatic carboxylic acids is 1. The summed E-state index contributed by atoms with van der Waals surface area (Å²) in [6, 6.07) is 1.70. The molecule has 0 atom stereocenters. The quantitative estimate of drug-likeness (QED) is 0.798. The molecule has 0 fully saturated rings. The Bertz CT molecular complexity index is 634. The molecule has 17 heavy (non-hydrogen) atoms. The van der Waals surface area contributed by atoms with E-state index in [1.165, 1.54) is 0 Å². The molecule has 0 aliphatic rings. The van der Waals surface area contributed by atoms with Gasteiger partial charge in [-0.2, -0.15) is 0 Å². The highest BCUT2D eigenvalue weighted by Crippen LogP contribution is 2.16. The van der Waals surface area contributed by atoms with E-state index in [0.29, 0.717) is 11.4 Å². The van der Waals surface area contributed by atoms with Gasteiger partial charge in [0.05, 0.1) is 0 Å². The van der Waals surface area contributed by atoms with Crippen LogP contribution in [0.4, 0.5) is 0 Å². The summed E-state index contributed by atoms with van der Waals surface area (Å²) in [6.45, 7) is 1.83. The van der Waals surface area contributed by atoms with Crippen molar-refractivity contribution in [2.45, 2.75) is 6.92 Å². The standard InChI is InChI=1S/C11H9N3O3/c1-6-4-12-3-2-7(6)9-13-5-8(11(16)17)10(15)14-9/h2-5H,1H3,(H,16,17)(H,13,14,15). The minimum atomic E-state index is -1.29. The van der Waals surface area contributed by atoms with Gasteiger partial charge in [-0.25, -0.2) is 9.78 Å². The Morgan fingerprint density at radius 2 is 2.18 bits per heavy atom. The number of carboxylic acids is 1. The van der Waals surface area contributed by atoms with Crippen molar-refractivity contribution in [2.24, 2.45) is 0 Å². The van der Waals surface area contributed by atoms with Crippen molar-refractivity contribution in [2.75, 3.05) is 0 Å². The van der Waals surface area contributed by atoms with E-state index in [1.54, 1.807) is 18.5 Å². The van der Waals surface area contributed by atoms with Crippen LogP contribution in [0.1, 0.15) is 15.9 Å². The van der Waals surface area contributed by atoms with Crippen molar-refractivity contribution in [1.82, 2.24) is 15.0 Å². The maximum Gasteiger partial charge on any atom is 0.342 e. The highest BCUT2D eigenvalue weighted by Gasteiger charge is 2.11. The SMILES string of the molecule is Cc1cnccc1-c1ncc(C(=O)O)c(=O)[nH]1. The molecule has 0 aliphatic heterocycles. The summed E-state index contributed by atoms with van der Waals surface area (Å²) < 4.78 is 0. The predicted molar refractivity (Wildman–Crippen MR) is 59.8 cm³/mol. The first kappa shape index (κ1) is 11.0. The molecular formula is C11H9N3O3. The molecule has 2 aromatic rings. The Kier molecular flexibility index (Phi) is 2.70. The van der Waals surface area contributed by atoms with Crippen molar-refractivity contribution in [3.63, 3.8) is 0 Å². The average Bonchev–Trinajstić information content (AvgIpc) is 2.29. The number of H-pyrrole nitrogens is 1. The highest BCUT2D eigenvalue weighted by molar-refractivity contribution is 5.86. The van der Waals surface area contributed by atoms with Crippen molar-refractivity contribution >= 4 is 5.97 Å². The van der Waals surface area contributed by atoms with Gasteiger partial charge in [0.1, 0.15) is 11.4 Å². The number of hydrogen-bond donors (Lipinski definition) is 2. The van der Waals surface area contributed by atoms with E-state index < -0.39 is 11.5 Å². The van der Waals surface area contributed by atoms with Crippen LogP contribution in [-0.4, -0.2) is 26.0 Å². The number of nitrogens with zero attached hydrogens (tertiary/aromatic N) is 2. The molecular weight excluding hydrogens is 222 g/mol. The Labute approximate surface area is 96.0 Å². The molecule has 2 aromatic heterocycles. The van der Waals surface area contributed by atoms with Gasteiger partial charge >= 0.3 is 5.97 Å². The molecule has 0 aromatic carbocycles. The van der Waals surface area contributed by atoms with Crippen LogP contribution >= 0.6 is 0 Å². The molecule has 2 heterocycles. The molecule has 0 saturated heterocycles. The maximum absolute atomic E-state index is 11.5. The van der Waals surface area contributed by atoms with E-state index in [-0.39, 0.29) is 5.56 Å². The number of carboxylic acid groups (broad SMARTS) is 1. The number of aromatic amines is 1. The maximum atomic E-state index is 11.5. The Hall–Kier alpha value is -2.50. The smallest absolute Gasteiger partial charge is 0.342 e. The molecule has 0 radical (unpaired) electrons. The predicted octanol–water partition coefficient (Wildman–Crippen LogP) is 0.839. The highest BCUT2D eigenvalue weighted by atomic mass is 16.4. The van der Waals surface area contributed by atoms with E-state index in [0.717, 1.165) is 11.8 Å². The van der Waals surface area contributed by atoms with E-state index in [1.807, 2.05) is 6.92 Å². The summed E-state index contributed by atoms with van der Waals surface area (Å²) in [5.74, 6) is -0.961. The van der Waals surface area contributed by atoms with Crippen molar-refractivity contribution < 1.29 is 9.90 Å². The van der Waals surface area contributed by atoms with Gasteiger partial charge in [0.2, 0.25) is 0 Å². The first-order valence-electron chi connectivity index (χ1n) is 4.83. The molecule has 0 aliphatic carbocycles. The minimum absolute atomic E-state index is 0.333. The third kappa shape index (κ3) is 2.05. The lowest BCUT2D eigenvalue weighted by atomic mass is 10.1. The zero-order chi connectivity index (χ0) is 12.4. The largest absolute Gasteiger partial charge is 0.477 e. The molecule has 2 N–H and O–H groups in total. The summed E-state index contributed by atoms with van der Waals surface area (Å²) in [5.41, 5.74) is 0.520. The van der Waals surface area contributed by atoms with Crippen LogP contribution in [0.3, 0.4) is 0 Å². The van der Waals surface area contributed by atoms with E-state index in [2.05, 4.69) is 15.0 Å². The molecule has 86 valence electrons. The zero-order valence-corrected chi connectivity index (χ0v) is 8.97. The van der Waals surface area contributed by atoms with Crippen molar-refractivity contribution in [1.29, 1.82) is 0 Å². The first-order chi connectivity index (χ1) is 8.09. The summed E-state index contributed by atoms with van der Waals surface area (Å²) in [6.07, 6.45) is 4.27. The Morgan fingerprint density at radius 3 is 2.76 bits per heavy atom. The number of aryl methyl sites for hydroxylation is 1. The van der Waals surface area contributed by atoms with Crippen LogP contribution < -0.4 is 5.56 Å². The average molecular weight is 231 g/mol. The van der Waals surface area contributed by atoms with Gasteiger partial charge in [0, 0.05) is 24.2 Å². The number of carbonyl (C=O) groups is 1. The van der Waals surface area contributed by atoms with Crippen LogP contribution in [0.5, 0.6) is 0 Å². The van der Waals surface area contributed by atoms with E-state index >= 15 is 0 Å². The van der Waals surface area contributed by atoms with Gasteiger partial charge in [-0.3, -0.25) is 9.78 Å². The van der Waals surface area contributed by atoms with Gasteiger partial charge in [0.15, 0.2) is 0 Å². The number of aromatic nitrogens is 3. The van der Waals surface area contributed by atoms with Crippen LogP contribution in [0.2, 0.25) is 0 Å². The molecule has 0 bridgehead atoms. The topological polar surface area (TPSA) is 95.9 Å². The van der Waals surface area contributed by atoms with Crippen LogP contribution in [-0.2, 0) is 0 Å². The van der Waals surface area contributed by atoms with Crippen molar-refractivity contribution in [3.8, 4) is 11.4 Å². The van der Waals surface area contributed by atoms with Crippen LogP contribution in [0.25, 0.3) is 11.4 Å². The Balaban J connectivity index is 2.57. The summed E-state index contributed by atoms with van der Waals surface area (Å²) >= 11 is 0. The Morgan fingerprint density at radius 1 is 1.41 bits per heavy atom. The summed E-state index contributed by atoms with van der Waals surface area (Å²) in [4.78, 5) is 32.4. The second kappa shape index (κ2) is 4.17. The molecule has 2 rings (SSSR count). The van der Waals surface area contributed by atoms with Gasteiger partial charge in [0.25, 0.3) is 5.56 Å². The normalized spacial score (nSPS) is 10.2. The fourth-order valence-electron chi connectivity index (χ4n) is 1.42. The second-order valence-electron chi connectivity index (χ2n) is 3.47. The molecule has 0 saturated carbocycles. The van der Waals surface area contributed by atoms with Gasteiger partial charge in [-0.15, -0.1) is 0 Å². The fraction of sp³-hybridized carbons (Fsp3) is 0.0909. The first-order valence-corrected chi connectivity index (χ1v) is 4.83. The minimum Gasteiger partial charge on any atom is -0.477 e. The lowest BCUT2D eigenvalue weighted by Crippen LogP contribution is -2.18. The van der Waals surface area contributed by atoms with E-state index in [4.69, 9.17) is 5.11 Å². The molecule has 6 heteroatoms. The molecule has 0 amide bonds. The molecule has 6 nitrogen and oxygen atoms in total. The lowest BCUT2D eigenvalue weighted by molar-refractivity contribution is 0.0694. The lowest BCUT2D eigenvalue weighted by Gasteiger charge is -2.03. The summed E-state index contributed by atoms with van der Waals surface area (Å²) in [7, 11) is 0. The van der Waals surface area contributed by atoms with Gasteiger partial charge in [-0.1, -0.05) is 0 Å². The number of rotatable bonds is 2. The monoisotopic (exact) mass is 231 g/mol. The zero-order valence-electron chi connectivity index (χ0n) is 8.97. The van der Waals surface area contributed by atoms with Crippen LogP contribution in [0.15, 0.2) is 29.5 Å². The van der Waals surface area contributed by atoms with Crippen molar-refractivity contribution in [3.05, 3.63) is 46.1 Å². The van der Waals surface area contributed by atoms with Crippen LogP contribution in [0, 0.1) is 6.92 Å². The van der Waals surface area contributed by atoms with Gasteiger partial charge < -0.3 is 10.1 Å². The summed E-state index contributed by atoms with van der Waals surface area (Å²) in [5, 5.41) is 8.71. The molecule has 0 spiro atoms. The second-order valence-corrected chi connectivity index (χ2v) is 3.47. The number of nitrogens with one attached hydrogen (secondary N) is 1. The molecule has 0 unspecified atom stereocenters. The third-order valence-corrected chi connectivity index (χ3v) is 2.31. The van der Waals surface area contributed by atoms with E-state index in [9.17, 15) is 9.59 Å². The number of pyridine rings is 1.